The smallest absolute Gasteiger partial charge is 0.0717 e. The second-order valence-electron chi connectivity index (χ2n) is 6.42. The van der Waals surface area contributed by atoms with Gasteiger partial charge in [0.25, 0.3) is 0 Å². The molecular weight excluding hydrogens is 260 g/mol. The van der Waals surface area contributed by atoms with Crippen LogP contribution in [0.2, 0.25) is 0 Å². The molecule has 1 aliphatic rings. The third-order valence-electron chi connectivity index (χ3n) is 4.58. The Morgan fingerprint density at radius 2 is 2.05 bits per heavy atom. The molecule has 0 aliphatic heterocycles. The minimum atomic E-state index is -0.607. The quantitative estimate of drug-likeness (QED) is 0.645. The van der Waals surface area contributed by atoms with Gasteiger partial charge in [-0.3, -0.25) is 0 Å². The molecule has 1 aromatic carbocycles. The van der Waals surface area contributed by atoms with Crippen LogP contribution in [0.4, 0.5) is 0 Å². The number of ether oxygens (including phenoxy) is 1. The van der Waals surface area contributed by atoms with Crippen LogP contribution in [0.15, 0.2) is 42.5 Å². The Hall–Kier alpha value is -1.12. The summed E-state index contributed by atoms with van der Waals surface area (Å²) in [4.78, 5) is 0. The normalized spacial score (nSPS) is 30.4. The molecule has 0 aromatic heterocycles. The lowest BCUT2D eigenvalue weighted by molar-refractivity contribution is -0.0278. The van der Waals surface area contributed by atoms with Gasteiger partial charge in [-0.1, -0.05) is 55.3 Å². The van der Waals surface area contributed by atoms with Gasteiger partial charge in [-0.05, 0) is 38.2 Å². The highest BCUT2D eigenvalue weighted by atomic mass is 16.5. The van der Waals surface area contributed by atoms with Crippen molar-refractivity contribution in [3.05, 3.63) is 48.0 Å². The van der Waals surface area contributed by atoms with E-state index in [1.807, 2.05) is 32.0 Å². The first kappa shape index (κ1) is 16.3. The Kier molecular flexibility index (Phi) is 6.01. The summed E-state index contributed by atoms with van der Waals surface area (Å²) in [6, 6.07) is 10.3. The van der Waals surface area contributed by atoms with Gasteiger partial charge in [-0.15, -0.1) is 0 Å². The molecule has 21 heavy (non-hydrogen) atoms. The molecule has 1 saturated carbocycles. The fraction of sp³-hybridized carbons (Fsp3) is 0.579. The second-order valence-corrected chi connectivity index (χ2v) is 6.42. The third kappa shape index (κ3) is 4.69. The molecule has 1 fully saturated rings. The van der Waals surface area contributed by atoms with Gasteiger partial charge in [-0.2, -0.15) is 0 Å². The van der Waals surface area contributed by atoms with Crippen molar-refractivity contribution in [2.75, 3.05) is 6.61 Å². The Labute approximate surface area is 128 Å². The number of aliphatic hydroxyl groups is 1. The summed E-state index contributed by atoms with van der Waals surface area (Å²) in [5.41, 5.74) is 0.601. The highest BCUT2D eigenvalue weighted by Gasteiger charge is 2.37. The number of allylic oxidation sites excluding steroid dienone is 1. The van der Waals surface area contributed by atoms with Gasteiger partial charge in [0.2, 0.25) is 0 Å². The largest absolute Gasteiger partial charge is 0.390 e. The van der Waals surface area contributed by atoms with Gasteiger partial charge in [0, 0.05) is 5.92 Å². The Morgan fingerprint density at radius 1 is 1.29 bits per heavy atom. The van der Waals surface area contributed by atoms with Gasteiger partial charge in [0.15, 0.2) is 0 Å². The zero-order valence-electron chi connectivity index (χ0n) is 13.3. The van der Waals surface area contributed by atoms with E-state index in [0.29, 0.717) is 12.5 Å². The zero-order valence-corrected chi connectivity index (χ0v) is 13.3. The third-order valence-corrected chi connectivity index (χ3v) is 4.58. The van der Waals surface area contributed by atoms with Crippen molar-refractivity contribution in [1.82, 2.24) is 0 Å². The first-order chi connectivity index (χ1) is 10.1. The average molecular weight is 288 g/mol. The van der Waals surface area contributed by atoms with Gasteiger partial charge in [-0.25, -0.2) is 0 Å². The van der Waals surface area contributed by atoms with Crippen LogP contribution in [0.1, 0.15) is 45.1 Å². The van der Waals surface area contributed by atoms with Gasteiger partial charge < -0.3 is 9.84 Å². The van der Waals surface area contributed by atoms with E-state index >= 15 is 0 Å². The van der Waals surface area contributed by atoms with Gasteiger partial charge in [0.05, 0.1) is 18.8 Å². The van der Waals surface area contributed by atoms with Crippen molar-refractivity contribution in [3.63, 3.8) is 0 Å². The van der Waals surface area contributed by atoms with E-state index in [0.717, 1.165) is 25.9 Å². The van der Waals surface area contributed by atoms with E-state index in [4.69, 9.17) is 4.74 Å². The highest BCUT2D eigenvalue weighted by molar-refractivity contribution is 5.13. The molecular formula is C19H28O2. The molecule has 0 amide bonds. The van der Waals surface area contributed by atoms with E-state index < -0.39 is 5.60 Å². The van der Waals surface area contributed by atoms with Crippen LogP contribution < -0.4 is 0 Å². The Balaban J connectivity index is 1.95. The van der Waals surface area contributed by atoms with E-state index in [1.165, 1.54) is 12.0 Å². The van der Waals surface area contributed by atoms with E-state index in [-0.39, 0.29) is 5.92 Å². The highest BCUT2D eigenvalue weighted by Crippen LogP contribution is 2.37. The van der Waals surface area contributed by atoms with Gasteiger partial charge >= 0.3 is 0 Å². The van der Waals surface area contributed by atoms with Crippen LogP contribution in [0.5, 0.6) is 0 Å². The predicted molar refractivity (Wildman–Crippen MR) is 87.0 cm³/mol. The van der Waals surface area contributed by atoms with Crippen molar-refractivity contribution in [2.24, 2.45) is 11.8 Å². The fourth-order valence-corrected chi connectivity index (χ4v) is 3.40. The van der Waals surface area contributed by atoms with Crippen molar-refractivity contribution in [2.45, 2.75) is 51.7 Å². The van der Waals surface area contributed by atoms with Crippen LogP contribution in [-0.4, -0.2) is 17.3 Å². The number of rotatable bonds is 5. The lowest BCUT2D eigenvalue weighted by atomic mass is 9.78. The molecule has 0 bridgehead atoms. The number of benzene rings is 1. The Bertz CT molecular complexity index is 436. The second kappa shape index (κ2) is 7.77. The molecule has 0 spiro atoms. The SMILES string of the molecule is C/C=C/C1C(COCc2ccccc2)CCCCC1(C)O. The summed E-state index contributed by atoms with van der Waals surface area (Å²) >= 11 is 0. The maximum absolute atomic E-state index is 10.7. The molecule has 2 rings (SSSR count). The summed E-state index contributed by atoms with van der Waals surface area (Å²) in [5.74, 6) is 0.600. The monoisotopic (exact) mass is 288 g/mol. The molecule has 1 aromatic rings. The van der Waals surface area contributed by atoms with Crippen molar-refractivity contribution < 1.29 is 9.84 Å². The topological polar surface area (TPSA) is 29.5 Å². The lowest BCUT2D eigenvalue weighted by Crippen LogP contribution is -2.38. The maximum Gasteiger partial charge on any atom is 0.0717 e. The first-order valence-corrected chi connectivity index (χ1v) is 8.10. The summed E-state index contributed by atoms with van der Waals surface area (Å²) in [6.45, 7) is 5.39. The molecule has 0 radical (unpaired) electrons. The number of hydrogen-bond acceptors (Lipinski definition) is 2. The fourth-order valence-electron chi connectivity index (χ4n) is 3.40. The summed E-state index contributed by atoms with van der Waals surface area (Å²) < 4.78 is 5.94. The van der Waals surface area contributed by atoms with Gasteiger partial charge in [0.1, 0.15) is 0 Å². The minimum absolute atomic E-state index is 0.195. The van der Waals surface area contributed by atoms with Crippen LogP contribution in [0, 0.1) is 11.8 Å². The summed E-state index contributed by atoms with van der Waals surface area (Å²) in [6.07, 6.45) is 8.55. The molecule has 1 N–H and O–H groups in total. The molecule has 1 aliphatic carbocycles. The molecule has 116 valence electrons. The predicted octanol–water partition coefficient (Wildman–Crippen LogP) is 4.34. The number of hydrogen-bond donors (Lipinski definition) is 1. The van der Waals surface area contributed by atoms with E-state index in [1.54, 1.807) is 0 Å². The Morgan fingerprint density at radius 3 is 2.76 bits per heavy atom. The van der Waals surface area contributed by atoms with Crippen LogP contribution in [-0.2, 0) is 11.3 Å². The van der Waals surface area contributed by atoms with Crippen LogP contribution in [0.25, 0.3) is 0 Å². The van der Waals surface area contributed by atoms with Crippen molar-refractivity contribution >= 4 is 0 Å². The lowest BCUT2D eigenvalue weighted by Gasteiger charge is -2.34. The zero-order chi connectivity index (χ0) is 15.1. The molecule has 3 unspecified atom stereocenters. The van der Waals surface area contributed by atoms with E-state index in [2.05, 4.69) is 24.3 Å². The minimum Gasteiger partial charge on any atom is -0.390 e. The summed E-state index contributed by atoms with van der Waals surface area (Å²) in [5, 5.41) is 10.7. The van der Waals surface area contributed by atoms with Crippen LogP contribution >= 0.6 is 0 Å². The first-order valence-electron chi connectivity index (χ1n) is 8.10. The molecule has 3 atom stereocenters. The molecule has 0 heterocycles. The molecule has 2 heteroatoms. The maximum atomic E-state index is 10.7. The molecule has 0 saturated heterocycles. The summed E-state index contributed by atoms with van der Waals surface area (Å²) in [7, 11) is 0. The van der Waals surface area contributed by atoms with E-state index in [9.17, 15) is 5.11 Å². The van der Waals surface area contributed by atoms with Crippen molar-refractivity contribution in [3.8, 4) is 0 Å². The standard InChI is InChI=1S/C19H28O2/c1-3-9-18-17(12-7-8-13-19(18,2)20)15-21-14-16-10-5-4-6-11-16/h3-6,9-11,17-18,20H,7-8,12-15H2,1-2H3/b9-3+. The van der Waals surface area contributed by atoms with Crippen molar-refractivity contribution in [1.29, 1.82) is 0 Å². The van der Waals surface area contributed by atoms with Crippen LogP contribution in [0.3, 0.4) is 0 Å². The molecule has 2 nitrogen and oxygen atoms in total. The average Bonchev–Trinajstić information content (AvgIpc) is 2.61.